The zero-order valence-electron chi connectivity index (χ0n) is 17.6. The van der Waals surface area contributed by atoms with Gasteiger partial charge < -0.3 is 9.53 Å². The van der Waals surface area contributed by atoms with Crippen LogP contribution in [0.4, 0.5) is 0 Å². The standard InChI is InChI=1S/C23H44O3/c1-3-5-6-12-17-22(16-4-2)18-15-19-23(25)26-21-14-11-9-7-8-10-13-20-24/h20,22H,3-19,21H2,1-2H3. The Morgan fingerprint density at radius 1 is 0.769 bits per heavy atom. The predicted molar refractivity (Wildman–Crippen MR) is 110 cm³/mol. The van der Waals surface area contributed by atoms with Gasteiger partial charge in [0.25, 0.3) is 0 Å². The van der Waals surface area contributed by atoms with E-state index in [0.29, 0.717) is 19.4 Å². The van der Waals surface area contributed by atoms with Crippen molar-refractivity contribution in [3.8, 4) is 0 Å². The Hall–Kier alpha value is -0.860. The molecule has 0 aliphatic carbocycles. The second-order valence-electron chi connectivity index (χ2n) is 7.69. The third-order valence-corrected chi connectivity index (χ3v) is 5.14. The molecular weight excluding hydrogens is 324 g/mol. The molecular formula is C23H44O3. The molecule has 3 nitrogen and oxygen atoms in total. The van der Waals surface area contributed by atoms with E-state index in [1.165, 1.54) is 64.2 Å². The minimum atomic E-state index is -0.0165. The summed E-state index contributed by atoms with van der Waals surface area (Å²) in [7, 11) is 0. The molecule has 0 heterocycles. The highest BCUT2D eigenvalue weighted by molar-refractivity contribution is 5.69. The summed E-state index contributed by atoms with van der Waals surface area (Å²) in [6, 6.07) is 0. The first-order valence-electron chi connectivity index (χ1n) is 11.3. The molecule has 0 aromatic rings. The van der Waals surface area contributed by atoms with Crippen molar-refractivity contribution in [2.75, 3.05) is 6.61 Å². The number of carbonyl (C=O) groups is 2. The number of carbonyl (C=O) groups excluding carboxylic acids is 2. The van der Waals surface area contributed by atoms with E-state index in [-0.39, 0.29) is 5.97 Å². The van der Waals surface area contributed by atoms with E-state index in [4.69, 9.17) is 4.74 Å². The smallest absolute Gasteiger partial charge is 0.305 e. The van der Waals surface area contributed by atoms with Crippen molar-refractivity contribution in [1.29, 1.82) is 0 Å². The molecule has 0 aliphatic heterocycles. The lowest BCUT2D eigenvalue weighted by Crippen LogP contribution is -2.07. The Balaban J connectivity index is 3.53. The van der Waals surface area contributed by atoms with Gasteiger partial charge in [0.2, 0.25) is 0 Å². The Morgan fingerprint density at radius 3 is 2.12 bits per heavy atom. The Kier molecular flexibility index (Phi) is 19.8. The van der Waals surface area contributed by atoms with E-state index >= 15 is 0 Å². The number of hydrogen-bond donors (Lipinski definition) is 0. The SMILES string of the molecule is CCCCCCC(CCC)CCCC(=O)OCCCCCCCCC=O. The molecule has 0 radical (unpaired) electrons. The van der Waals surface area contributed by atoms with Gasteiger partial charge in [-0.1, -0.05) is 84.5 Å². The molecule has 3 heteroatoms. The molecule has 0 bridgehead atoms. The normalized spacial score (nSPS) is 12.1. The first-order valence-corrected chi connectivity index (χ1v) is 11.3. The van der Waals surface area contributed by atoms with Crippen LogP contribution in [0.25, 0.3) is 0 Å². The van der Waals surface area contributed by atoms with Crippen LogP contribution in [0.15, 0.2) is 0 Å². The number of unbranched alkanes of at least 4 members (excludes halogenated alkanes) is 9. The fraction of sp³-hybridized carbons (Fsp3) is 0.913. The number of ether oxygens (including phenoxy) is 1. The van der Waals surface area contributed by atoms with Gasteiger partial charge in [0.15, 0.2) is 0 Å². The quantitative estimate of drug-likeness (QED) is 0.132. The van der Waals surface area contributed by atoms with Crippen molar-refractivity contribution in [2.45, 2.75) is 123 Å². The highest BCUT2D eigenvalue weighted by Crippen LogP contribution is 2.22. The third kappa shape index (κ3) is 17.9. The zero-order valence-corrected chi connectivity index (χ0v) is 17.6. The highest BCUT2D eigenvalue weighted by Gasteiger charge is 2.10. The van der Waals surface area contributed by atoms with E-state index in [9.17, 15) is 9.59 Å². The topological polar surface area (TPSA) is 43.4 Å². The summed E-state index contributed by atoms with van der Waals surface area (Å²) >= 11 is 0. The molecule has 0 aliphatic rings. The molecule has 0 N–H and O–H groups in total. The summed E-state index contributed by atoms with van der Waals surface area (Å²) in [4.78, 5) is 22.0. The van der Waals surface area contributed by atoms with Crippen LogP contribution < -0.4 is 0 Å². The third-order valence-electron chi connectivity index (χ3n) is 5.14. The fourth-order valence-corrected chi connectivity index (χ4v) is 3.53. The van der Waals surface area contributed by atoms with Crippen LogP contribution >= 0.6 is 0 Å². The monoisotopic (exact) mass is 368 g/mol. The van der Waals surface area contributed by atoms with Crippen molar-refractivity contribution in [1.82, 2.24) is 0 Å². The Morgan fingerprint density at radius 2 is 1.42 bits per heavy atom. The van der Waals surface area contributed by atoms with Gasteiger partial charge in [-0.15, -0.1) is 0 Å². The molecule has 154 valence electrons. The summed E-state index contributed by atoms with van der Waals surface area (Å²) < 4.78 is 5.36. The largest absolute Gasteiger partial charge is 0.466 e. The minimum Gasteiger partial charge on any atom is -0.466 e. The molecule has 26 heavy (non-hydrogen) atoms. The van der Waals surface area contributed by atoms with Crippen LogP contribution in [0.1, 0.15) is 123 Å². The van der Waals surface area contributed by atoms with Gasteiger partial charge in [0, 0.05) is 12.8 Å². The summed E-state index contributed by atoms with van der Waals surface area (Å²) in [5.41, 5.74) is 0. The van der Waals surface area contributed by atoms with Gasteiger partial charge in [-0.25, -0.2) is 0 Å². The van der Waals surface area contributed by atoms with Gasteiger partial charge in [-0.05, 0) is 31.6 Å². The maximum Gasteiger partial charge on any atom is 0.305 e. The lowest BCUT2D eigenvalue weighted by atomic mass is 9.91. The molecule has 0 aromatic carbocycles. The van der Waals surface area contributed by atoms with E-state index < -0.39 is 0 Å². The van der Waals surface area contributed by atoms with E-state index in [2.05, 4.69) is 13.8 Å². The molecule has 0 aromatic heterocycles. The molecule has 1 atom stereocenters. The van der Waals surface area contributed by atoms with Gasteiger partial charge >= 0.3 is 5.97 Å². The molecule has 0 amide bonds. The lowest BCUT2D eigenvalue weighted by Gasteiger charge is -2.15. The van der Waals surface area contributed by atoms with Crippen LogP contribution in [0, 0.1) is 5.92 Å². The van der Waals surface area contributed by atoms with Crippen molar-refractivity contribution in [3.63, 3.8) is 0 Å². The number of rotatable bonds is 20. The van der Waals surface area contributed by atoms with Crippen LogP contribution in [-0.4, -0.2) is 18.9 Å². The highest BCUT2D eigenvalue weighted by atomic mass is 16.5. The first kappa shape index (κ1) is 25.1. The van der Waals surface area contributed by atoms with Crippen LogP contribution in [0.2, 0.25) is 0 Å². The molecule has 0 rings (SSSR count). The number of hydrogen-bond acceptors (Lipinski definition) is 3. The van der Waals surface area contributed by atoms with Crippen LogP contribution in [0.5, 0.6) is 0 Å². The number of esters is 1. The molecule has 0 saturated carbocycles. The zero-order chi connectivity index (χ0) is 19.3. The predicted octanol–water partition coefficient (Wildman–Crippen LogP) is 7.02. The summed E-state index contributed by atoms with van der Waals surface area (Å²) in [5, 5.41) is 0. The Bertz CT molecular complexity index is 315. The molecule has 0 fully saturated rings. The summed E-state index contributed by atoms with van der Waals surface area (Å²) in [6.45, 7) is 5.09. The van der Waals surface area contributed by atoms with Crippen LogP contribution in [-0.2, 0) is 14.3 Å². The van der Waals surface area contributed by atoms with Crippen molar-refractivity contribution in [2.24, 2.45) is 5.92 Å². The van der Waals surface area contributed by atoms with Crippen molar-refractivity contribution >= 4 is 12.3 Å². The van der Waals surface area contributed by atoms with Gasteiger partial charge in [-0.3, -0.25) is 4.79 Å². The maximum absolute atomic E-state index is 11.8. The molecule has 1 unspecified atom stereocenters. The fourth-order valence-electron chi connectivity index (χ4n) is 3.53. The number of aldehydes is 1. The molecule has 0 saturated heterocycles. The second kappa shape index (κ2) is 20.5. The van der Waals surface area contributed by atoms with E-state index in [1.54, 1.807) is 0 Å². The molecule has 0 spiro atoms. The van der Waals surface area contributed by atoms with Crippen LogP contribution in [0.3, 0.4) is 0 Å². The average Bonchev–Trinajstić information content (AvgIpc) is 2.64. The van der Waals surface area contributed by atoms with Crippen molar-refractivity contribution < 1.29 is 14.3 Å². The second-order valence-corrected chi connectivity index (χ2v) is 7.69. The van der Waals surface area contributed by atoms with Gasteiger partial charge in [-0.2, -0.15) is 0 Å². The first-order chi connectivity index (χ1) is 12.7. The van der Waals surface area contributed by atoms with Gasteiger partial charge in [0.05, 0.1) is 6.61 Å². The van der Waals surface area contributed by atoms with E-state index in [0.717, 1.165) is 44.3 Å². The maximum atomic E-state index is 11.8. The minimum absolute atomic E-state index is 0.0165. The average molecular weight is 369 g/mol. The summed E-state index contributed by atoms with van der Waals surface area (Å²) in [5.74, 6) is 0.779. The van der Waals surface area contributed by atoms with Crippen molar-refractivity contribution in [3.05, 3.63) is 0 Å². The summed E-state index contributed by atoms with van der Waals surface area (Å²) in [6.07, 6.45) is 20.2. The Labute approximate surface area is 162 Å². The lowest BCUT2D eigenvalue weighted by molar-refractivity contribution is -0.144. The van der Waals surface area contributed by atoms with Gasteiger partial charge in [0.1, 0.15) is 6.29 Å². The van der Waals surface area contributed by atoms with E-state index in [1.807, 2.05) is 0 Å².